The molecule has 136 valence electrons. The minimum absolute atomic E-state index is 0.345. The van der Waals surface area contributed by atoms with Gasteiger partial charge in [0.2, 0.25) is 0 Å². The first-order valence-corrected chi connectivity index (χ1v) is 10.1. The maximum atomic E-state index is 10.6. The fourth-order valence-electron chi connectivity index (χ4n) is 4.52. The number of rotatable bonds is 6. The number of imidazole rings is 1. The third-order valence-electron chi connectivity index (χ3n) is 5.87. The van der Waals surface area contributed by atoms with Gasteiger partial charge in [0.05, 0.1) is 36.4 Å². The lowest BCUT2D eigenvalue weighted by Crippen LogP contribution is -2.27. The van der Waals surface area contributed by atoms with Crippen molar-refractivity contribution in [3.63, 3.8) is 0 Å². The van der Waals surface area contributed by atoms with E-state index in [4.69, 9.17) is 9.72 Å². The molecule has 4 rings (SSSR count). The quantitative estimate of drug-likeness (QED) is 0.846. The van der Waals surface area contributed by atoms with Crippen molar-refractivity contribution in [3.05, 3.63) is 30.1 Å². The van der Waals surface area contributed by atoms with Crippen molar-refractivity contribution in [1.29, 1.82) is 0 Å². The van der Waals surface area contributed by atoms with Gasteiger partial charge in [0.25, 0.3) is 0 Å². The van der Waals surface area contributed by atoms with E-state index in [0.29, 0.717) is 25.2 Å². The number of aliphatic hydroxyl groups excluding tert-OH is 1. The second-order valence-corrected chi connectivity index (χ2v) is 7.80. The Hall–Kier alpha value is -1.39. The van der Waals surface area contributed by atoms with E-state index >= 15 is 0 Å². The highest BCUT2D eigenvalue weighted by molar-refractivity contribution is 5.76. The van der Waals surface area contributed by atoms with Gasteiger partial charge in [0.15, 0.2) is 0 Å². The fraction of sp³-hybridized carbons (Fsp3) is 0.667. The molecule has 1 unspecified atom stereocenters. The van der Waals surface area contributed by atoms with Crippen molar-refractivity contribution >= 4 is 11.0 Å². The first kappa shape index (κ1) is 17.0. The molecule has 0 spiro atoms. The molecule has 1 atom stereocenters. The van der Waals surface area contributed by atoms with Crippen molar-refractivity contribution in [2.24, 2.45) is 0 Å². The molecule has 0 aliphatic heterocycles. The molecule has 2 fully saturated rings. The van der Waals surface area contributed by atoms with Crippen LogP contribution in [-0.2, 0) is 11.3 Å². The van der Waals surface area contributed by atoms with Gasteiger partial charge in [-0.3, -0.25) is 0 Å². The molecule has 2 aliphatic carbocycles. The molecule has 2 aliphatic rings. The molecular weight excluding hydrogens is 312 g/mol. The van der Waals surface area contributed by atoms with Crippen LogP contribution in [0.3, 0.4) is 0 Å². The summed E-state index contributed by atoms with van der Waals surface area (Å²) in [6.45, 7) is 1.01. The fourth-order valence-corrected chi connectivity index (χ4v) is 4.52. The number of fused-ring (bicyclic) bond motifs is 1. The van der Waals surface area contributed by atoms with Gasteiger partial charge in [0.1, 0.15) is 5.82 Å². The molecule has 0 radical (unpaired) electrons. The third kappa shape index (κ3) is 3.90. The number of hydrogen-bond donors (Lipinski definition) is 1. The molecule has 4 nitrogen and oxygen atoms in total. The van der Waals surface area contributed by atoms with E-state index in [-0.39, 0.29) is 0 Å². The van der Waals surface area contributed by atoms with Crippen LogP contribution in [0.2, 0.25) is 0 Å². The molecule has 2 saturated carbocycles. The summed E-state index contributed by atoms with van der Waals surface area (Å²) in [7, 11) is 0. The number of aromatic nitrogens is 2. The van der Waals surface area contributed by atoms with Crippen molar-refractivity contribution in [3.8, 4) is 0 Å². The Labute approximate surface area is 150 Å². The van der Waals surface area contributed by atoms with E-state index in [0.717, 1.165) is 29.7 Å². The molecule has 2 aromatic rings. The number of benzene rings is 1. The third-order valence-corrected chi connectivity index (χ3v) is 5.87. The summed E-state index contributed by atoms with van der Waals surface area (Å²) in [6, 6.07) is 8.30. The van der Waals surface area contributed by atoms with Crippen LogP contribution in [0.1, 0.15) is 69.5 Å². The lowest BCUT2D eigenvalue weighted by Gasteiger charge is -2.24. The summed E-state index contributed by atoms with van der Waals surface area (Å²) in [5.74, 6) is 1.70. The van der Waals surface area contributed by atoms with Gasteiger partial charge in [0, 0.05) is 5.92 Å². The Balaban J connectivity index is 1.48. The Morgan fingerprint density at radius 1 is 1.04 bits per heavy atom. The van der Waals surface area contributed by atoms with E-state index in [1.165, 1.54) is 44.9 Å². The van der Waals surface area contributed by atoms with Crippen LogP contribution >= 0.6 is 0 Å². The molecule has 0 saturated heterocycles. The van der Waals surface area contributed by atoms with Crippen LogP contribution in [0.25, 0.3) is 11.0 Å². The Morgan fingerprint density at radius 3 is 2.56 bits per heavy atom. The largest absolute Gasteiger partial charge is 0.389 e. The summed E-state index contributed by atoms with van der Waals surface area (Å²) in [5, 5.41) is 10.6. The highest BCUT2D eigenvalue weighted by Crippen LogP contribution is 2.35. The van der Waals surface area contributed by atoms with Gasteiger partial charge < -0.3 is 14.4 Å². The second-order valence-electron chi connectivity index (χ2n) is 7.80. The van der Waals surface area contributed by atoms with Crippen LogP contribution < -0.4 is 0 Å². The standard InChI is InChI=1S/C21H30N2O2/c24-17(15-25-18-10-2-1-3-11-18)14-23-20-13-7-6-12-19(20)22-21(23)16-8-4-5-9-16/h6-7,12-13,16-18,24H,1-5,8-11,14-15H2. The lowest BCUT2D eigenvalue weighted by molar-refractivity contribution is -0.0282. The van der Waals surface area contributed by atoms with Gasteiger partial charge in [-0.25, -0.2) is 4.98 Å². The first-order valence-electron chi connectivity index (χ1n) is 10.1. The predicted molar refractivity (Wildman–Crippen MR) is 99.8 cm³/mol. The maximum absolute atomic E-state index is 10.6. The zero-order valence-electron chi connectivity index (χ0n) is 15.1. The van der Waals surface area contributed by atoms with Crippen molar-refractivity contribution < 1.29 is 9.84 Å². The Morgan fingerprint density at radius 2 is 1.76 bits per heavy atom. The van der Waals surface area contributed by atoms with E-state index < -0.39 is 6.10 Å². The van der Waals surface area contributed by atoms with Crippen LogP contribution in [-0.4, -0.2) is 33.5 Å². The number of aliphatic hydroxyl groups is 1. The molecule has 25 heavy (non-hydrogen) atoms. The van der Waals surface area contributed by atoms with E-state index in [1.807, 2.05) is 6.07 Å². The number of ether oxygens (including phenoxy) is 1. The minimum Gasteiger partial charge on any atom is -0.389 e. The topological polar surface area (TPSA) is 47.3 Å². The SMILES string of the molecule is OC(COC1CCCCC1)Cn1c(C2CCCC2)nc2ccccc21. The van der Waals surface area contributed by atoms with E-state index in [2.05, 4.69) is 22.8 Å². The normalized spacial score (nSPS) is 21.2. The zero-order valence-corrected chi connectivity index (χ0v) is 15.1. The lowest BCUT2D eigenvalue weighted by atomic mass is 9.98. The molecule has 0 amide bonds. The maximum Gasteiger partial charge on any atom is 0.113 e. The van der Waals surface area contributed by atoms with Crippen molar-refractivity contribution in [2.75, 3.05) is 6.61 Å². The smallest absolute Gasteiger partial charge is 0.113 e. The molecule has 1 heterocycles. The van der Waals surface area contributed by atoms with E-state index in [9.17, 15) is 5.11 Å². The Bertz CT molecular complexity index is 684. The van der Waals surface area contributed by atoms with Crippen LogP contribution in [0, 0.1) is 0 Å². The van der Waals surface area contributed by atoms with Crippen LogP contribution in [0.15, 0.2) is 24.3 Å². The van der Waals surface area contributed by atoms with Crippen LogP contribution in [0.4, 0.5) is 0 Å². The van der Waals surface area contributed by atoms with Crippen molar-refractivity contribution in [1.82, 2.24) is 9.55 Å². The predicted octanol–water partition coefficient (Wildman–Crippen LogP) is 4.40. The summed E-state index contributed by atoms with van der Waals surface area (Å²) in [5.41, 5.74) is 2.19. The highest BCUT2D eigenvalue weighted by atomic mass is 16.5. The summed E-state index contributed by atoms with van der Waals surface area (Å²) < 4.78 is 8.24. The average molecular weight is 342 g/mol. The van der Waals surface area contributed by atoms with Gasteiger partial charge in [-0.15, -0.1) is 0 Å². The van der Waals surface area contributed by atoms with Crippen LogP contribution in [0.5, 0.6) is 0 Å². The molecule has 1 N–H and O–H groups in total. The van der Waals surface area contributed by atoms with Gasteiger partial charge >= 0.3 is 0 Å². The minimum atomic E-state index is -0.473. The number of nitrogens with zero attached hydrogens (tertiary/aromatic N) is 2. The number of para-hydroxylation sites is 2. The highest BCUT2D eigenvalue weighted by Gasteiger charge is 2.25. The van der Waals surface area contributed by atoms with Gasteiger partial charge in [-0.05, 0) is 37.8 Å². The number of hydrogen-bond acceptors (Lipinski definition) is 3. The summed E-state index contributed by atoms with van der Waals surface area (Å²) in [4.78, 5) is 4.91. The zero-order chi connectivity index (χ0) is 17.1. The first-order chi connectivity index (χ1) is 12.3. The molecule has 1 aromatic carbocycles. The average Bonchev–Trinajstić information content (AvgIpc) is 3.29. The molecular formula is C21H30N2O2. The second kappa shape index (κ2) is 7.88. The molecule has 1 aromatic heterocycles. The van der Waals surface area contributed by atoms with Gasteiger partial charge in [-0.1, -0.05) is 44.2 Å². The molecule has 4 heteroatoms. The van der Waals surface area contributed by atoms with E-state index in [1.54, 1.807) is 0 Å². The summed E-state index contributed by atoms with van der Waals surface area (Å²) in [6.07, 6.45) is 11.0. The monoisotopic (exact) mass is 342 g/mol. The Kier molecular flexibility index (Phi) is 5.37. The summed E-state index contributed by atoms with van der Waals surface area (Å²) >= 11 is 0. The van der Waals surface area contributed by atoms with Gasteiger partial charge in [-0.2, -0.15) is 0 Å². The van der Waals surface area contributed by atoms with Crippen molar-refractivity contribution in [2.45, 2.75) is 82.5 Å². The molecule has 0 bridgehead atoms.